The molecule has 2 heterocycles. The van der Waals surface area contributed by atoms with Crippen molar-refractivity contribution >= 4 is 50.8 Å². The fraction of sp³-hybridized carbons (Fsp3) is 0.429. The van der Waals surface area contributed by atoms with E-state index in [-0.39, 0.29) is 0 Å². The monoisotopic (exact) mass is 436 g/mol. The first-order valence-corrected chi connectivity index (χ1v) is 10.6. The summed E-state index contributed by atoms with van der Waals surface area (Å²) < 4.78 is 11.1. The van der Waals surface area contributed by atoms with Crippen LogP contribution in [0.15, 0.2) is 30.3 Å². The molecule has 0 bridgehead atoms. The zero-order chi connectivity index (χ0) is 20.6. The van der Waals surface area contributed by atoms with Crippen molar-refractivity contribution in [3.05, 3.63) is 35.4 Å². The standard InChI is InChI=1S/C21H26Cl2N4O2/c1-3-27(10-8-22)11-13-29-12-9-24-20-16-5-4-15(23)14-18(16)25-17-6-7-19(28-2)26-21(17)20/h4-7,14H,3,8-13H2,1-2H3,(H,24,25). The number of benzene rings is 1. The van der Waals surface area contributed by atoms with Crippen molar-refractivity contribution in [1.29, 1.82) is 0 Å². The number of nitrogens with zero attached hydrogens (tertiary/aromatic N) is 3. The molecule has 1 aromatic carbocycles. The predicted octanol–water partition coefficient (Wildman–Crippen LogP) is 4.43. The van der Waals surface area contributed by atoms with Gasteiger partial charge in [-0.1, -0.05) is 18.5 Å². The quantitative estimate of drug-likeness (QED) is 0.272. The molecule has 3 rings (SSSR count). The van der Waals surface area contributed by atoms with Crippen molar-refractivity contribution in [2.75, 3.05) is 57.7 Å². The first-order chi connectivity index (χ1) is 14.2. The van der Waals surface area contributed by atoms with Crippen molar-refractivity contribution in [1.82, 2.24) is 14.9 Å². The lowest BCUT2D eigenvalue weighted by molar-refractivity contribution is 0.115. The molecule has 0 saturated carbocycles. The molecule has 0 atom stereocenters. The van der Waals surface area contributed by atoms with Crippen molar-refractivity contribution in [3.8, 4) is 5.88 Å². The highest BCUT2D eigenvalue weighted by atomic mass is 35.5. The molecule has 8 heteroatoms. The van der Waals surface area contributed by atoms with Crippen LogP contribution < -0.4 is 10.1 Å². The molecule has 1 N–H and O–H groups in total. The van der Waals surface area contributed by atoms with Crippen LogP contribution in [0.25, 0.3) is 21.9 Å². The molecule has 29 heavy (non-hydrogen) atoms. The number of aromatic nitrogens is 2. The highest BCUT2D eigenvalue weighted by Crippen LogP contribution is 2.32. The first-order valence-electron chi connectivity index (χ1n) is 9.70. The van der Waals surface area contributed by atoms with E-state index in [1.165, 1.54) is 0 Å². The third-order valence-electron chi connectivity index (χ3n) is 4.71. The van der Waals surface area contributed by atoms with Crippen LogP contribution in [0.4, 0.5) is 5.69 Å². The van der Waals surface area contributed by atoms with E-state index in [9.17, 15) is 0 Å². The van der Waals surface area contributed by atoms with Crippen LogP contribution in [0.5, 0.6) is 5.88 Å². The molecular formula is C21H26Cl2N4O2. The predicted molar refractivity (Wildman–Crippen MR) is 121 cm³/mol. The van der Waals surface area contributed by atoms with Gasteiger partial charge in [0.25, 0.3) is 0 Å². The number of anilines is 1. The summed E-state index contributed by atoms with van der Waals surface area (Å²) in [6.07, 6.45) is 0. The van der Waals surface area contributed by atoms with Crippen LogP contribution >= 0.6 is 23.2 Å². The maximum atomic E-state index is 6.16. The number of ether oxygens (including phenoxy) is 2. The Morgan fingerprint density at radius 1 is 1.07 bits per heavy atom. The Kier molecular flexibility index (Phi) is 8.12. The second kappa shape index (κ2) is 10.8. The van der Waals surface area contributed by atoms with Gasteiger partial charge in [0, 0.05) is 42.0 Å². The van der Waals surface area contributed by atoms with Crippen molar-refractivity contribution in [2.45, 2.75) is 6.92 Å². The van der Waals surface area contributed by atoms with Crippen LogP contribution in [-0.4, -0.2) is 67.3 Å². The van der Waals surface area contributed by atoms with Crippen LogP contribution in [0, 0.1) is 0 Å². The van der Waals surface area contributed by atoms with Crippen molar-refractivity contribution in [3.63, 3.8) is 0 Å². The summed E-state index contributed by atoms with van der Waals surface area (Å²) in [4.78, 5) is 11.6. The summed E-state index contributed by atoms with van der Waals surface area (Å²) in [5.74, 6) is 1.18. The van der Waals surface area contributed by atoms with Crippen LogP contribution in [0.2, 0.25) is 5.02 Å². The topological polar surface area (TPSA) is 59.5 Å². The molecule has 3 aromatic rings. The van der Waals surface area contributed by atoms with Gasteiger partial charge in [0.05, 0.1) is 37.0 Å². The van der Waals surface area contributed by atoms with Gasteiger partial charge < -0.3 is 19.7 Å². The van der Waals surface area contributed by atoms with Crippen molar-refractivity contribution in [2.24, 2.45) is 0 Å². The number of pyridine rings is 2. The summed E-state index contributed by atoms with van der Waals surface area (Å²) in [6, 6.07) is 9.38. The van der Waals surface area contributed by atoms with Crippen LogP contribution in [-0.2, 0) is 4.74 Å². The van der Waals surface area contributed by atoms with E-state index in [1.54, 1.807) is 13.2 Å². The average molecular weight is 437 g/mol. The lowest BCUT2D eigenvalue weighted by Crippen LogP contribution is -2.29. The molecule has 0 spiro atoms. The molecule has 6 nitrogen and oxygen atoms in total. The minimum Gasteiger partial charge on any atom is -0.481 e. The number of hydrogen-bond acceptors (Lipinski definition) is 6. The second-order valence-electron chi connectivity index (χ2n) is 6.53. The van der Waals surface area contributed by atoms with E-state index in [4.69, 9.17) is 32.7 Å². The van der Waals surface area contributed by atoms with Gasteiger partial charge in [0.15, 0.2) is 0 Å². The molecule has 0 saturated heterocycles. The number of likely N-dealkylation sites (N-methyl/N-ethyl adjacent to an activating group) is 1. The Labute approximate surface area is 181 Å². The summed E-state index contributed by atoms with van der Waals surface area (Å²) in [7, 11) is 1.60. The fourth-order valence-electron chi connectivity index (χ4n) is 3.16. The zero-order valence-electron chi connectivity index (χ0n) is 16.8. The highest BCUT2D eigenvalue weighted by Gasteiger charge is 2.12. The maximum Gasteiger partial charge on any atom is 0.213 e. The Morgan fingerprint density at radius 2 is 1.93 bits per heavy atom. The number of fused-ring (bicyclic) bond motifs is 2. The Bertz CT molecular complexity index is 955. The molecule has 0 aliphatic carbocycles. The van der Waals surface area contributed by atoms with E-state index in [1.807, 2.05) is 24.3 Å². The summed E-state index contributed by atoms with van der Waals surface area (Å²) >= 11 is 12.0. The first kappa shape index (κ1) is 21.8. The zero-order valence-corrected chi connectivity index (χ0v) is 18.3. The molecular weight excluding hydrogens is 411 g/mol. The Balaban J connectivity index is 1.72. The maximum absolute atomic E-state index is 6.16. The van der Waals surface area contributed by atoms with E-state index < -0.39 is 0 Å². The number of nitrogens with one attached hydrogen (secondary N) is 1. The van der Waals surface area contributed by atoms with E-state index in [0.717, 1.165) is 47.3 Å². The number of rotatable bonds is 11. The van der Waals surface area contributed by atoms with E-state index >= 15 is 0 Å². The summed E-state index contributed by atoms with van der Waals surface area (Å²) in [5, 5.41) is 5.08. The highest BCUT2D eigenvalue weighted by molar-refractivity contribution is 6.31. The van der Waals surface area contributed by atoms with Crippen molar-refractivity contribution < 1.29 is 9.47 Å². The lowest BCUT2D eigenvalue weighted by Gasteiger charge is -2.19. The van der Waals surface area contributed by atoms with Gasteiger partial charge in [-0.15, -0.1) is 11.6 Å². The van der Waals surface area contributed by atoms with Crippen LogP contribution in [0.3, 0.4) is 0 Å². The van der Waals surface area contributed by atoms with Gasteiger partial charge in [-0.05, 0) is 30.8 Å². The fourth-order valence-corrected chi connectivity index (χ4v) is 3.56. The van der Waals surface area contributed by atoms with E-state index in [0.29, 0.717) is 36.5 Å². The van der Waals surface area contributed by atoms with Crippen LogP contribution in [0.1, 0.15) is 6.92 Å². The molecule has 2 aromatic heterocycles. The normalized spacial score (nSPS) is 11.5. The minimum absolute atomic E-state index is 0.547. The Morgan fingerprint density at radius 3 is 2.69 bits per heavy atom. The number of halogens is 2. The molecule has 0 unspecified atom stereocenters. The largest absolute Gasteiger partial charge is 0.481 e. The smallest absolute Gasteiger partial charge is 0.213 e. The van der Waals surface area contributed by atoms with Gasteiger partial charge in [0.1, 0.15) is 5.52 Å². The number of hydrogen-bond donors (Lipinski definition) is 1. The third kappa shape index (κ3) is 5.60. The summed E-state index contributed by atoms with van der Waals surface area (Å²) in [5.41, 5.74) is 3.27. The summed E-state index contributed by atoms with van der Waals surface area (Å²) in [6.45, 7) is 6.76. The molecule has 0 amide bonds. The van der Waals surface area contributed by atoms with Gasteiger partial charge >= 0.3 is 0 Å². The number of alkyl halides is 1. The molecule has 0 aliphatic heterocycles. The third-order valence-corrected chi connectivity index (χ3v) is 5.12. The van der Waals surface area contributed by atoms with Gasteiger partial charge in [-0.25, -0.2) is 9.97 Å². The average Bonchev–Trinajstić information content (AvgIpc) is 2.74. The lowest BCUT2D eigenvalue weighted by atomic mass is 10.1. The number of methoxy groups -OCH3 is 1. The van der Waals surface area contributed by atoms with Gasteiger partial charge in [-0.2, -0.15) is 0 Å². The van der Waals surface area contributed by atoms with E-state index in [2.05, 4.69) is 27.1 Å². The molecule has 0 fully saturated rings. The minimum atomic E-state index is 0.547. The molecule has 156 valence electrons. The van der Waals surface area contributed by atoms with Gasteiger partial charge in [0.2, 0.25) is 5.88 Å². The van der Waals surface area contributed by atoms with Gasteiger partial charge in [-0.3, -0.25) is 0 Å². The molecule has 0 radical (unpaired) electrons. The molecule has 0 aliphatic rings. The second-order valence-corrected chi connectivity index (χ2v) is 7.35. The Hall–Kier alpha value is -1.86. The SMILES string of the molecule is CCN(CCCl)CCOCCNc1c2ccc(Cl)cc2nc2ccc(OC)nc12.